The second-order valence-corrected chi connectivity index (χ2v) is 4.62. The highest BCUT2D eigenvalue weighted by Crippen LogP contribution is 2.17. The van der Waals surface area contributed by atoms with Crippen LogP contribution in [0, 0.1) is 0 Å². The van der Waals surface area contributed by atoms with Gasteiger partial charge >= 0.3 is 0 Å². The lowest BCUT2D eigenvalue weighted by atomic mass is 10.0. The summed E-state index contributed by atoms with van der Waals surface area (Å²) in [5.74, 6) is 0. The van der Waals surface area contributed by atoms with E-state index in [4.69, 9.17) is 0 Å². The van der Waals surface area contributed by atoms with Gasteiger partial charge in [-0.3, -0.25) is 0 Å². The van der Waals surface area contributed by atoms with Gasteiger partial charge < -0.3 is 17.0 Å². The maximum atomic E-state index is 2.22. The molecule has 2 aromatic carbocycles. The van der Waals surface area contributed by atoms with E-state index in [2.05, 4.69) is 78.5 Å². The van der Waals surface area contributed by atoms with Gasteiger partial charge in [-0.15, -0.1) is 0 Å². The van der Waals surface area contributed by atoms with Crippen molar-refractivity contribution in [3.8, 4) is 0 Å². The lowest BCUT2D eigenvalue weighted by molar-refractivity contribution is -0.677. The number of hydrogen-bond donors (Lipinski definition) is 0. The third kappa shape index (κ3) is 2.85. The molecule has 1 aromatic heterocycles. The Morgan fingerprint density at radius 3 is 2.32 bits per heavy atom. The zero-order chi connectivity index (χ0) is 12.4. The third-order valence-corrected chi connectivity index (χ3v) is 3.39. The molecule has 3 rings (SSSR count). The molecule has 3 aromatic rings. The summed E-state index contributed by atoms with van der Waals surface area (Å²) in [5.41, 5.74) is 2.71. The van der Waals surface area contributed by atoms with Crippen molar-refractivity contribution in [2.75, 3.05) is 0 Å². The Balaban J connectivity index is 0.00000133. The van der Waals surface area contributed by atoms with Gasteiger partial charge in [0.1, 0.15) is 7.05 Å². The lowest BCUT2D eigenvalue weighted by Gasteiger charge is -2.05. The second kappa shape index (κ2) is 5.98. The van der Waals surface area contributed by atoms with E-state index in [9.17, 15) is 0 Å². The summed E-state index contributed by atoms with van der Waals surface area (Å²) in [6.45, 7) is 0. The van der Waals surface area contributed by atoms with Crippen LogP contribution in [0.25, 0.3) is 10.8 Å². The molecule has 0 aliphatic carbocycles. The fourth-order valence-electron chi connectivity index (χ4n) is 2.39. The fourth-order valence-corrected chi connectivity index (χ4v) is 2.39. The van der Waals surface area contributed by atoms with E-state index in [1.165, 1.54) is 22.0 Å². The molecule has 1 nitrogen and oxygen atoms in total. The first-order valence-electron chi connectivity index (χ1n) is 6.25. The number of hydrogen-bond acceptors (Lipinski definition) is 0. The summed E-state index contributed by atoms with van der Waals surface area (Å²) >= 11 is 0. The molecule has 0 aliphatic heterocycles. The molecule has 0 bridgehead atoms. The first kappa shape index (κ1) is 13.8. The Bertz CT molecular complexity index is 677. The van der Waals surface area contributed by atoms with Crippen LogP contribution < -0.4 is 21.5 Å². The number of aromatic nitrogens is 1. The minimum absolute atomic E-state index is 0. The van der Waals surface area contributed by atoms with E-state index < -0.39 is 0 Å². The molecular formula is C17H16BrN. The van der Waals surface area contributed by atoms with Gasteiger partial charge in [-0.25, -0.2) is 4.57 Å². The molecule has 0 spiro atoms. The Morgan fingerprint density at radius 1 is 0.842 bits per heavy atom. The summed E-state index contributed by atoms with van der Waals surface area (Å²) in [4.78, 5) is 0. The summed E-state index contributed by atoms with van der Waals surface area (Å²) in [5, 5.41) is 2.65. The normalized spacial score (nSPS) is 10.2. The molecule has 1 heterocycles. The van der Waals surface area contributed by atoms with Crippen LogP contribution in [0.3, 0.4) is 0 Å². The molecule has 0 saturated carbocycles. The molecule has 0 unspecified atom stereocenters. The number of halogens is 1. The van der Waals surface area contributed by atoms with Crippen molar-refractivity contribution in [2.24, 2.45) is 7.05 Å². The molecule has 0 radical (unpaired) electrons. The fraction of sp³-hybridized carbons (Fsp3) is 0.118. The average Bonchev–Trinajstić information content (AvgIpc) is 2.43. The summed E-state index contributed by atoms with van der Waals surface area (Å²) < 4.78 is 2.22. The molecule has 2 heteroatoms. The van der Waals surface area contributed by atoms with Crippen LogP contribution in [-0.2, 0) is 13.5 Å². The van der Waals surface area contributed by atoms with E-state index >= 15 is 0 Å². The van der Waals surface area contributed by atoms with Gasteiger partial charge in [0.05, 0.1) is 6.42 Å². The molecule has 0 N–H and O–H groups in total. The van der Waals surface area contributed by atoms with Gasteiger partial charge in [0, 0.05) is 11.5 Å². The number of pyridine rings is 1. The van der Waals surface area contributed by atoms with Crippen molar-refractivity contribution in [2.45, 2.75) is 6.42 Å². The van der Waals surface area contributed by atoms with Crippen LogP contribution in [0.15, 0.2) is 66.9 Å². The van der Waals surface area contributed by atoms with Crippen LogP contribution in [0.5, 0.6) is 0 Å². The van der Waals surface area contributed by atoms with Crippen molar-refractivity contribution in [1.29, 1.82) is 0 Å². The largest absolute Gasteiger partial charge is 1.00 e. The highest BCUT2D eigenvalue weighted by Gasteiger charge is 2.12. The first-order chi connectivity index (χ1) is 8.84. The quantitative estimate of drug-likeness (QED) is 0.598. The molecule has 0 aliphatic rings. The molecule has 0 atom stereocenters. The molecule has 0 amide bonds. The number of benzene rings is 2. The van der Waals surface area contributed by atoms with Crippen molar-refractivity contribution in [3.63, 3.8) is 0 Å². The van der Waals surface area contributed by atoms with E-state index in [1.54, 1.807) is 0 Å². The highest BCUT2D eigenvalue weighted by molar-refractivity contribution is 5.83. The van der Waals surface area contributed by atoms with Crippen LogP contribution in [0.4, 0.5) is 0 Å². The third-order valence-electron chi connectivity index (χ3n) is 3.39. The first-order valence-corrected chi connectivity index (χ1v) is 6.25. The van der Waals surface area contributed by atoms with E-state index in [-0.39, 0.29) is 17.0 Å². The molecule has 0 saturated heterocycles. The van der Waals surface area contributed by atoms with Crippen molar-refractivity contribution < 1.29 is 21.5 Å². The maximum Gasteiger partial charge on any atom is 0.193 e. The predicted octanol–water partition coefficient (Wildman–Crippen LogP) is 0.259. The van der Waals surface area contributed by atoms with Gasteiger partial charge in [-0.05, 0) is 17.0 Å². The zero-order valence-electron chi connectivity index (χ0n) is 10.9. The van der Waals surface area contributed by atoms with Crippen molar-refractivity contribution in [1.82, 2.24) is 0 Å². The molecule has 96 valence electrons. The Hall–Kier alpha value is -1.67. The van der Waals surface area contributed by atoms with Gasteiger partial charge in [0.15, 0.2) is 11.9 Å². The van der Waals surface area contributed by atoms with Crippen molar-refractivity contribution in [3.05, 3.63) is 78.1 Å². The summed E-state index contributed by atoms with van der Waals surface area (Å²) in [7, 11) is 2.12. The standard InChI is InChI=1S/C17H16N.BrH/c1-18-12-11-15-9-5-6-10-16(15)17(18)13-14-7-3-2-4-8-14;/h2-12H,13H2,1H3;1H/q+1;/p-1. The number of aryl methyl sites for hydroxylation is 1. The molecule has 19 heavy (non-hydrogen) atoms. The Morgan fingerprint density at radius 2 is 1.53 bits per heavy atom. The lowest BCUT2D eigenvalue weighted by Crippen LogP contribution is -3.00. The summed E-state index contributed by atoms with van der Waals surface area (Å²) in [6, 6.07) is 21.4. The van der Waals surface area contributed by atoms with Crippen LogP contribution in [0.1, 0.15) is 11.3 Å². The minimum Gasteiger partial charge on any atom is -1.00 e. The van der Waals surface area contributed by atoms with Crippen molar-refractivity contribution >= 4 is 10.8 Å². The topological polar surface area (TPSA) is 3.88 Å². The Kier molecular flexibility index (Phi) is 4.33. The van der Waals surface area contributed by atoms with Gasteiger partial charge in [-0.1, -0.05) is 48.5 Å². The van der Waals surface area contributed by atoms with Crippen LogP contribution in [-0.4, -0.2) is 0 Å². The van der Waals surface area contributed by atoms with Gasteiger partial charge in [-0.2, -0.15) is 0 Å². The highest BCUT2D eigenvalue weighted by atomic mass is 79.9. The predicted molar refractivity (Wildman–Crippen MR) is 74.4 cm³/mol. The number of rotatable bonds is 2. The molecular weight excluding hydrogens is 298 g/mol. The SMILES string of the molecule is C[n+]1ccc2ccccc2c1Cc1ccccc1.[Br-]. The van der Waals surface area contributed by atoms with E-state index in [1.807, 2.05) is 0 Å². The average molecular weight is 314 g/mol. The smallest absolute Gasteiger partial charge is 0.193 e. The maximum absolute atomic E-state index is 2.22. The van der Waals surface area contributed by atoms with Gasteiger partial charge in [0.25, 0.3) is 0 Å². The minimum atomic E-state index is 0. The molecule has 0 fully saturated rings. The number of nitrogens with zero attached hydrogens (tertiary/aromatic N) is 1. The van der Waals surface area contributed by atoms with Crippen LogP contribution in [0.2, 0.25) is 0 Å². The monoisotopic (exact) mass is 313 g/mol. The van der Waals surface area contributed by atoms with E-state index in [0.717, 1.165) is 6.42 Å². The zero-order valence-corrected chi connectivity index (χ0v) is 12.5. The Labute approximate surface area is 124 Å². The van der Waals surface area contributed by atoms with Crippen LogP contribution >= 0.6 is 0 Å². The van der Waals surface area contributed by atoms with Gasteiger partial charge in [0.2, 0.25) is 0 Å². The van der Waals surface area contributed by atoms with E-state index in [0.29, 0.717) is 0 Å². The second-order valence-electron chi connectivity index (χ2n) is 4.62. The summed E-state index contributed by atoms with van der Waals surface area (Å²) in [6.07, 6.45) is 3.11. The number of fused-ring (bicyclic) bond motifs is 1.